The van der Waals surface area contributed by atoms with Gasteiger partial charge in [0.2, 0.25) is 10.0 Å². The van der Waals surface area contributed by atoms with E-state index in [1.54, 1.807) is 31.2 Å². The van der Waals surface area contributed by atoms with Gasteiger partial charge >= 0.3 is 0 Å². The predicted octanol–water partition coefficient (Wildman–Crippen LogP) is 2.19. The molecule has 0 fully saturated rings. The van der Waals surface area contributed by atoms with E-state index in [9.17, 15) is 18.0 Å². The Morgan fingerprint density at radius 1 is 1.11 bits per heavy atom. The fourth-order valence-corrected chi connectivity index (χ4v) is 3.70. The Bertz CT molecular complexity index is 990. The van der Waals surface area contributed by atoms with Crippen molar-refractivity contribution in [2.45, 2.75) is 11.8 Å². The Labute approximate surface area is 162 Å². The second kappa shape index (κ2) is 8.81. The Morgan fingerprint density at radius 2 is 1.78 bits per heavy atom. The molecule has 0 heterocycles. The molecule has 0 saturated carbocycles. The summed E-state index contributed by atoms with van der Waals surface area (Å²) < 4.78 is 26.7. The van der Waals surface area contributed by atoms with Crippen LogP contribution in [0.1, 0.15) is 26.3 Å². The standard InChI is InChI=1S/C18H18ClN3O4S/c1-3-10-20-27(25,26)16-11-13(8-9-15(16)19)17(23)21-22-18(24)14-7-5-4-6-12(14)2/h3-9,11,20H,1,10H2,2H3,(H,21,23)(H,22,24). The molecule has 27 heavy (non-hydrogen) atoms. The number of nitrogens with one attached hydrogen (secondary N) is 3. The lowest BCUT2D eigenvalue weighted by atomic mass is 10.1. The van der Waals surface area contributed by atoms with Crippen molar-refractivity contribution in [2.24, 2.45) is 0 Å². The van der Waals surface area contributed by atoms with Gasteiger partial charge in [-0.15, -0.1) is 6.58 Å². The van der Waals surface area contributed by atoms with Crippen LogP contribution in [0.3, 0.4) is 0 Å². The van der Waals surface area contributed by atoms with Crippen molar-refractivity contribution < 1.29 is 18.0 Å². The van der Waals surface area contributed by atoms with Gasteiger partial charge in [-0.2, -0.15) is 0 Å². The number of hydrazine groups is 1. The van der Waals surface area contributed by atoms with E-state index in [4.69, 9.17) is 11.6 Å². The highest BCUT2D eigenvalue weighted by Gasteiger charge is 2.20. The number of halogens is 1. The van der Waals surface area contributed by atoms with E-state index in [1.807, 2.05) is 0 Å². The molecule has 142 valence electrons. The molecule has 0 aliphatic carbocycles. The Kier molecular flexibility index (Phi) is 6.73. The molecule has 7 nitrogen and oxygen atoms in total. The van der Waals surface area contributed by atoms with Gasteiger partial charge in [0.1, 0.15) is 4.90 Å². The fourth-order valence-electron chi connectivity index (χ4n) is 2.18. The summed E-state index contributed by atoms with van der Waals surface area (Å²) in [5, 5.41) is -0.0351. The number of carbonyl (C=O) groups is 2. The molecule has 0 aromatic heterocycles. The fraction of sp³-hybridized carbons (Fsp3) is 0.111. The molecule has 2 aromatic rings. The summed E-state index contributed by atoms with van der Waals surface area (Å²) in [6, 6.07) is 10.7. The van der Waals surface area contributed by atoms with Gasteiger partial charge in [0.25, 0.3) is 11.8 Å². The molecule has 0 unspecified atom stereocenters. The molecule has 0 aliphatic heterocycles. The number of carbonyl (C=O) groups excluding carboxylic acids is 2. The molecule has 9 heteroatoms. The lowest BCUT2D eigenvalue weighted by Crippen LogP contribution is -2.42. The summed E-state index contributed by atoms with van der Waals surface area (Å²) in [5.74, 6) is -1.18. The molecule has 2 amide bonds. The van der Waals surface area contributed by atoms with Crippen LogP contribution < -0.4 is 15.6 Å². The van der Waals surface area contributed by atoms with Crippen molar-refractivity contribution in [3.8, 4) is 0 Å². The van der Waals surface area contributed by atoms with Crippen LogP contribution >= 0.6 is 11.6 Å². The van der Waals surface area contributed by atoms with Gasteiger partial charge in [-0.25, -0.2) is 13.1 Å². The van der Waals surface area contributed by atoms with E-state index in [-0.39, 0.29) is 22.0 Å². The average molecular weight is 408 g/mol. The van der Waals surface area contributed by atoms with Crippen LogP contribution in [-0.4, -0.2) is 26.8 Å². The summed E-state index contributed by atoms with van der Waals surface area (Å²) in [5.41, 5.74) is 5.72. The van der Waals surface area contributed by atoms with E-state index in [2.05, 4.69) is 22.2 Å². The maximum Gasteiger partial charge on any atom is 0.269 e. The molecule has 0 aliphatic rings. The highest BCUT2D eigenvalue weighted by Crippen LogP contribution is 2.22. The molecule has 0 spiro atoms. The zero-order chi connectivity index (χ0) is 20.0. The van der Waals surface area contributed by atoms with Crippen LogP contribution in [0.4, 0.5) is 0 Å². The van der Waals surface area contributed by atoms with E-state index < -0.39 is 21.8 Å². The first-order chi connectivity index (χ1) is 12.8. The number of hydrogen-bond donors (Lipinski definition) is 3. The first-order valence-electron chi connectivity index (χ1n) is 7.82. The Morgan fingerprint density at radius 3 is 2.44 bits per heavy atom. The maximum absolute atomic E-state index is 12.3. The van der Waals surface area contributed by atoms with E-state index in [1.165, 1.54) is 18.2 Å². The van der Waals surface area contributed by atoms with Crippen molar-refractivity contribution in [1.82, 2.24) is 15.6 Å². The van der Waals surface area contributed by atoms with Gasteiger partial charge in [0.15, 0.2) is 0 Å². The normalized spacial score (nSPS) is 10.9. The lowest BCUT2D eigenvalue weighted by molar-refractivity contribution is 0.0846. The molecule has 2 rings (SSSR count). The molecular formula is C18H18ClN3O4S. The first kappa shape index (κ1) is 20.6. The molecule has 2 aromatic carbocycles. The molecule has 3 N–H and O–H groups in total. The number of aryl methyl sites for hydroxylation is 1. The largest absolute Gasteiger partial charge is 0.269 e. The highest BCUT2D eigenvalue weighted by molar-refractivity contribution is 7.89. The lowest BCUT2D eigenvalue weighted by Gasteiger charge is -2.11. The molecule has 0 radical (unpaired) electrons. The minimum absolute atomic E-state index is 0.0154. The van der Waals surface area contributed by atoms with E-state index in [0.717, 1.165) is 11.6 Å². The third-order valence-corrected chi connectivity index (χ3v) is 5.48. The van der Waals surface area contributed by atoms with Gasteiger partial charge in [-0.3, -0.25) is 20.4 Å². The SMILES string of the molecule is C=CCNS(=O)(=O)c1cc(C(=O)NNC(=O)c2ccccc2C)ccc1Cl. The first-order valence-corrected chi connectivity index (χ1v) is 9.69. The van der Waals surface area contributed by atoms with Gasteiger partial charge in [-0.1, -0.05) is 35.9 Å². The monoisotopic (exact) mass is 407 g/mol. The number of amides is 2. The maximum atomic E-state index is 12.3. The molecule has 0 saturated heterocycles. The number of benzene rings is 2. The second-order valence-electron chi connectivity index (χ2n) is 5.51. The Hall–Kier alpha value is -2.68. The van der Waals surface area contributed by atoms with Crippen LogP contribution in [0.15, 0.2) is 60.0 Å². The van der Waals surface area contributed by atoms with Crippen molar-refractivity contribution in [3.05, 3.63) is 76.8 Å². The summed E-state index contributed by atoms with van der Waals surface area (Å²) in [6.45, 7) is 5.22. The minimum atomic E-state index is -3.91. The van der Waals surface area contributed by atoms with Crippen molar-refractivity contribution >= 4 is 33.4 Å². The number of hydrogen-bond acceptors (Lipinski definition) is 4. The van der Waals surface area contributed by atoms with Crippen molar-refractivity contribution in [3.63, 3.8) is 0 Å². The van der Waals surface area contributed by atoms with Gasteiger partial charge in [-0.05, 0) is 36.8 Å². The average Bonchev–Trinajstić information content (AvgIpc) is 2.64. The van der Waals surface area contributed by atoms with Crippen LogP contribution in [0.2, 0.25) is 5.02 Å². The van der Waals surface area contributed by atoms with Gasteiger partial charge in [0.05, 0.1) is 5.02 Å². The smallest absolute Gasteiger partial charge is 0.267 e. The van der Waals surface area contributed by atoms with Crippen LogP contribution in [0, 0.1) is 6.92 Å². The predicted molar refractivity (Wildman–Crippen MR) is 103 cm³/mol. The Balaban J connectivity index is 2.15. The van der Waals surface area contributed by atoms with Gasteiger partial charge < -0.3 is 0 Å². The summed E-state index contributed by atoms with van der Waals surface area (Å²) in [4.78, 5) is 24.2. The van der Waals surface area contributed by atoms with Crippen LogP contribution in [0.5, 0.6) is 0 Å². The zero-order valence-corrected chi connectivity index (χ0v) is 16.0. The minimum Gasteiger partial charge on any atom is -0.267 e. The van der Waals surface area contributed by atoms with Crippen molar-refractivity contribution in [2.75, 3.05) is 6.54 Å². The van der Waals surface area contributed by atoms with Crippen LogP contribution in [-0.2, 0) is 10.0 Å². The third kappa shape index (κ3) is 5.16. The van der Waals surface area contributed by atoms with E-state index in [0.29, 0.717) is 5.56 Å². The zero-order valence-electron chi connectivity index (χ0n) is 14.5. The van der Waals surface area contributed by atoms with Crippen molar-refractivity contribution in [1.29, 1.82) is 0 Å². The molecule has 0 atom stereocenters. The molecule has 0 bridgehead atoms. The number of rotatable bonds is 6. The quantitative estimate of drug-likeness (QED) is 0.504. The number of sulfonamides is 1. The van der Waals surface area contributed by atoms with Crippen LogP contribution in [0.25, 0.3) is 0 Å². The summed E-state index contributed by atoms with van der Waals surface area (Å²) >= 11 is 5.94. The summed E-state index contributed by atoms with van der Waals surface area (Å²) in [6.07, 6.45) is 1.38. The highest BCUT2D eigenvalue weighted by atomic mass is 35.5. The molecular weight excluding hydrogens is 390 g/mol. The second-order valence-corrected chi connectivity index (χ2v) is 7.65. The third-order valence-electron chi connectivity index (χ3n) is 3.58. The topological polar surface area (TPSA) is 104 Å². The van der Waals surface area contributed by atoms with E-state index >= 15 is 0 Å². The summed E-state index contributed by atoms with van der Waals surface area (Å²) in [7, 11) is -3.91. The van der Waals surface area contributed by atoms with Gasteiger partial charge in [0, 0.05) is 17.7 Å².